The predicted octanol–water partition coefficient (Wildman–Crippen LogP) is 16.1. The molecule has 0 amide bonds. The molecule has 0 fully saturated rings. The van der Waals surface area contributed by atoms with E-state index in [1.54, 1.807) is 0 Å². The number of hydrogen-bond acceptors (Lipinski definition) is 6. The van der Waals surface area contributed by atoms with Gasteiger partial charge < -0.3 is 14.2 Å². The lowest BCUT2D eigenvalue weighted by Gasteiger charge is -2.18. The molecule has 0 heterocycles. The average Bonchev–Trinajstić information content (AvgIpc) is 3.22. The molecule has 58 heavy (non-hydrogen) atoms. The van der Waals surface area contributed by atoms with Crippen LogP contribution >= 0.6 is 0 Å². The standard InChI is InChI=1S/C52H94O6/c1-4-7-10-13-16-19-22-24-26-28-30-33-36-39-42-45-51(54)57-48-49(47-56-50(53)44-41-38-35-32-29-21-18-15-12-9-6-3)58-52(55)46-43-40-37-34-31-27-25-23-20-17-14-11-8-5-2/h14,17,23-26,49H,4-13,15-16,18-22,27-48H2,1-3H3/b17-14-,25-23-,26-24-/t49-/m1/s1. The molecule has 1 atom stereocenters. The third kappa shape index (κ3) is 44.7. The van der Waals surface area contributed by atoms with Crippen molar-refractivity contribution in [2.75, 3.05) is 13.2 Å². The molecule has 0 N–H and O–H groups in total. The molecular formula is C52H94O6. The summed E-state index contributed by atoms with van der Waals surface area (Å²) >= 11 is 0. The van der Waals surface area contributed by atoms with Crippen molar-refractivity contribution >= 4 is 17.9 Å². The summed E-state index contributed by atoms with van der Waals surface area (Å²) in [5.74, 6) is -0.895. The lowest BCUT2D eigenvalue weighted by molar-refractivity contribution is -0.167. The van der Waals surface area contributed by atoms with E-state index in [4.69, 9.17) is 14.2 Å². The van der Waals surface area contributed by atoms with Crippen LogP contribution in [-0.2, 0) is 28.6 Å². The number of carbonyl (C=O) groups is 3. The molecule has 0 bridgehead atoms. The summed E-state index contributed by atoms with van der Waals surface area (Å²) in [6.45, 7) is 6.58. The maximum Gasteiger partial charge on any atom is 0.306 e. The molecule has 0 aromatic carbocycles. The van der Waals surface area contributed by atoms with Crippen molar-refractivity contribution < 1.29 is 28.6 Å². The molecule has 0 aliphatic heterocycles. The van der Waals surface area contributed by atoms with Crippen molar-refractivity contribution in [2.45, 2.75) is 264 Å². The minimum atomic E-state index is -0.778. The maximum absolute atomic E-state index is 12.8. The summed E-state index contributed by atoms with van der Waals surface area (Å²) in [5.41, 5.74) is 0. The Labute approximate surface area is 359 Å². The zero-order valence-corrected chi connectivity index (χ0v) is 38.6. The van der Waals surface area contributed by atoms with Crippen LogP contribution in [0.1, 0.15) is 258 Å². The minimum absolute atomic E-state index is 0.0780. The Bertz CT molecular complexity index is 984. The van der Waals surface area contributed by atoms with Crippen LogP contribution in [0.25, 0.3) is 0 Å². The highest BCUT2D eigenvalue weighted by atomic mass is 16.6. The monoisotopic (exact) mass is 815 g/mol. The maximum atomic E-state index is 12.8. The van der Waals surface area contributed by atoms with Crippen molar-refractivity contribution in [3.8, 4) is 0 Å². The number of hydrogen-bond donors (Lipinski definition) is 0. The fourth-order valence-electron chi connectivity index (χ4n) is 7.04. The van der Waals surface area contributed by atoms with Gasteiger partial charge in [-0.3, -0.25) is 14.4 Å². The first-order valence-electron chi connectivity index (χ1n) is 25.0. The fourth-order valence-corrected chi connectivity index (χ4v) is 7.04. The molecule has 0 aromatic heterocycles. The quantitative estimate of drug-likeness (QED) is 0.0264. The second-order valence-corrected chi connectivity index (χ2v) is 16.7. The van der Waals surface area contributed by atoms with Gasteiger partial charge in [-0.15, -0.1) is 0 Å². The molecule has 6 heteroatoms. The molecule has 0 aliphatic rings. The molecule has 0 saturated heterocycles. The van der Waals surface area contributed by atoms with Gasteiger partial charge in [0.05, 0.1) is 0 Å². The van der Waals surface area contributed by atoms with Crippen LogP contribution in [-0.4, -0.2) is 37.2 Å². The molecule has 0 unspecified atom stereocenters. The van der Waals surface area contributed by atoms with Crippen molar-refractivity contribution in [1.82, 2.24) is 0 Å². The van der Waals surface area contributed by atoms with E-state index >= 15 is 0 Å². The predicted molar refractivity (Wildman–Crippen MR) is 247 cm³/mol. The lowest BCUT2D eigenvalue weighted by Crippen LogP contribution is -2.30. The highest BCUT2D eigenvalue weighted by molar-refractivity contribution is 5.71. The van der Waals surface area contributed by atoms with Gasteiger partial charge >= 0.3 is 17.9 Å². The number of rotatable bonds is 45. The van der Waals surface area contributed by atoms with E-state index in [0.29, 0.717) is 19.3 Å². The molecular weight excluding hydrogens is 721 g/mol. The highest BCUT2D eigenvalue weighted by Gasteiger charge is 2.19. The van der Waals surface area contributed by atoms with Gasteiger partial charge in [0, 0.05) is 19.3 Å². The van der Waals surface area contributed by atoms with E-state index < -0.39 is 6.10 Å². The van der Waals surface area contributed by atoms with E-state index in [2.05, 4.69) is 57.2 Å². The van der Waals surface area contributed by atoms with Crippen LogP contribution in [0.3, 0.4) is 0 Å². The van der Waals surface area contributed by atoms with Crippen molar-refractivity contribution in [3.05, 3.63) is 36.5 Å². The number of unbranched alkanes of at least 4 members (excludes halogenated alkanes) is 28. The number of allylic oxidation sites excluding steroid dienone is 6. The normalized spacial score (nSPS) is 12.3. The molecule has 0 rings (SSSR count). The van der Waals surface area contributed by atoms with Gasteiger partial charge in [0.2, 0.25) is 0 Å². The number of carbonyl (C=O) groups excluding carboxylic acids is 3. The minimum Gasteiger partial charge on any atom is -0.462 e. The zero-order chi connectivity index (χ0) is 42.3. The molecule has 0 spiro atoms. The molecule has 0 radical (unpaired) electrons. The van der Waals surface area contributed by atoms with Gasteiger partial charge in [0.1, 0.15) is 13.2 Å². The summed E-state index contributed by atoms with van der Waals surface area (Å²) in [4.78, 5) is 37.9. The van der Waals surface area contributed by atoms with Crippen LogP contribution in [0, 0.1) is 0 Å². The first-order chi connectivity index (χ1) is 28.5. The lowest BCUT2D eigenvalue weighted by atomic mass is 10.1. The van der Waals surface area contributed by atoms with Crippen molar-refractivity contribution in [3.63, 3.8) is 0 Å². The van der Waals surface area contributed by atoms with E-state index in [1.165, 1.54) is 128 Å². The molecule has 0 aromatic rings. The Balaban J connectivity index is 4.38. The zero-order valence-electron chi connectivity index (χ0n) is 38.6. The summed E-state index contributed by atoms with van der Waals surface area (Å²) in [6.07, 6.45) is 54.0. The fraction of sp³-hybridized carbons (Fsp3) is 0.827. The average molecular weight is 815 g/mol. The summed E-state index contributed by atoms with van der Waals surface area (Å²) in [7, 11) is 0. The summed E-state index contributed by atoms with van der Waals surface area (Å²) in [6, 6.07) is 0. The first kappa shape index (κ1) is 55.6. The summed E-state index contributed by atoms with van der Waals surface area (Å²) in [5, 5.41) is 0. The Morgan fingerprint density at radius 1 is 0.345 bits per heavy atom. The third-order valence-corrected chi connectivity index (χ3v) is 10.9. The Hall–Kier alpha value is -2.37. The largest absolute Gasteiger partial charge is 0.462 e. The van der Waals surface area contributed by atoms with Crippen molar-refractivity contribution in [1.29, 1.82) is 0 Å². The molecule has 6 nitrogen and oxygen atoms in total. The van der Waals surface area contributed by atoms with E-state index in [-0.39, 0.29) is 31.1 Å². The van der Waals surface area contributed by atoms with Gasteiger partial charge in [-0.1, -0.05) is 205 Å². The van der Waals surface area contributed by atoms with Crippen molar-refractivity contribution in [2.24, 2.45) is 0 Å². The van der Waals surface area contributed by atoms with Crippen LogP contribution in [0.2, 0.25) is 0 Å². The van der Waals surface area contributed by atoms with Gasteiger partial charge in [-0.2, -0.15) is 0 Å². The van der Waals surface area contributed by atoms with E-state index in [9.17, 15) is 14.4 Å². The van der Waals surface area contributed by atoms with Gasteiger partial charge in [0.25, 0.3) is 0 Å². The Morgan fingerprint density at radius 2 is 0.638 bits per heavy atom. The van der Waals surface area contributed by atoms with Gasteiger partial charge in [-0.25, -0.2) is 0 Å². The van der Waals surface area contributed by atoms with Gasteiger partial charge in [-0.05, 0) is 70.6 Å². The second kappa shape index (κ2) is 47.3. The van der Waals surface area contributed by atoms with Gasteiger partial charge in [0.15, 0.2) is 6.10 Å². The van der Waals surface area contributed by atoms with E-state index in [1.807, 2.05) is 0 Å². The smallest absolute Gasteiger partial charge is 0.306 e. The van der Waals surface area contributed by atoms with Crippen LogP contribution in [0.15, 0.2) is 36.5 Å². The molecule has 0 saturated carbocycles. The molecule has 0 aliphatic carbocycles. The summed E-state index contributed by atoms with van der Waals surface area (Å²) < 4.78 is 16.7. The Morgan fingerprint density at radius 3 is 1.02 bits per heavy atom. The first-order valence-corrected chi connectivity index (χ1v) is 25.0. The number of esters is 3. The SMILES string of the molecule is CCCC/C=C\C/C=C\CCCCCCCC(=O)O[C@@H](COC(=O)CCCCCCC/C=C\CCCCCCCC)COC(=O)CCCCCCCCCCCCC. The third-order valence-electron chi connectivity index (χ3n) is 10.9. The molecule has 338 valence electrons. The van der Waals surface area contributed by atoms with E-state index in [0.717, 1.165) is 89.9 Å². The topological polar surface area (TPSA) is 78.9 Å². The van der Waals surface area contributed by atoms with Crippen LogP contribution in [0.4, 0.5) is 0 Å². The highest BCUT2D eigenvalue weighted by Crippen LogP contribution is 2.15. The number of ether oxygens (including phenoxy) is 3. The second-order valence-electron chi connectivity index (χ2n) is 16.7. The van der Waals surface area contributed by atoms with Crippen LogP contribution in [0.5, 0.6) is 0 Å². The van der Waals surface area contributed by atoms with Crippen LogP contribution < -0.4 is 0 Å². The Kier molecular flexibility index (Phi) is 45.4.